The Bertz CT molecular complexity index is 790. The largest absolute Gasteiger partial charge is 0.436 e. The standard InChI is InChI=1S/C20H24N4O3S/c25-19(23-14-17-2-1-11-26-17)15-3-5-16(6-4-15)27-20-18(21-7-8-22-20)24-9-12-28-13-10-24/h3-8,17H,1-2,9-14H2,(H,23,25)/t17-/m1/s1. The molecule has 2 aliphatic heterocycles. The smallest absolute Gasteiger partial charge is 0.263 e. The van der Waals surface area contributed by atoms with Crippen molar-refractivity contribution in [2.24, 2.45) is 0 Å². The Morgan fingerprint density at radius 1 is 1.21 bits per heavy atom. The van der Waals surface area contributed by atoms with E-state index < -0.39 is 0 Å². The molecule has 2 aromatic rings. The van der Waals surface area contributed by atoms with Gasteiger partial charge in [0.1, 0.15) is 5.75 Å². The van der Waals surface area contributed by atoms with Gasteiger partial charge in [-0.2, -0.15) is 11.8 Å². The van der Waals surface area contributed by atoms with Crippen molar-refractivity contribution in [2.75, 3.05) is 42.6 Å². The number of carbonyl (C=O) groups excluding carboxylic acids is 1. The summed E-state index contributed by atoms with van der Waals surface area (Å²) < 4.78 is 11.5. The number of hydrogen-bond donors (Lipinski definition) is 1. The molecule has 0 saturated carbocycles. The second-order valence-electron chi connectivity index (χ2n) is 6.76. The maximum Gasteiger partial charge on any atom is 0.263 e. The van der Waals surface area contributed by atoms with Gasteiger partial charge in [0.25, 0.3) is 11.8 Å². The van der Waals surface area contributed by atoms with Crippen LogP contribution in [0.3, 0.4) is 0 Å². The van der Waals surface area contributed by atoms with Crippen LogP contribution in [0.1, 0.15) is 23.2 Å². The Balaban J connectivity index is 1.38. The van der Waals surface area contributed by atoms with Crippen LogP contribution in [0.25, 0.3) is 0 Å². The van der Waals surface area contributed by atoms with Crippen molar-refractivity contribution in [2.45, 2.75) is 18.9 Å². The Hall–Kier alpha value is -2.32. The lowest BCUT2D eigenvalue weighted by atomic mass is 10.2. The highest BCUT2D eigenvalue weighted by Crippen LogP contribution is 2.29. The predicted molar refractivity (Wildman–Crippen MR) is 109 cm³/mol. The minimum Gasteiger partial charge on any atom is -0.436 e. The fourth-order valence-corrected chi connectivity index (χ4v) is 4.18. The van der Waals surface area contributed by atoms with E-state index in [1.54, 1.807) is 36.7 Å². The Kier molecular flexibility index (Phi) is 6.28. The van der Waals surface area contributed by atoms with Gasteiger partial charge in [-0.1, -0.05) is 0 Å². The zero-order valence-corrected chi connectivity index (χ0v) is 16.5. The SMILES string of the molecule is O=C(NC[C@H]1CCCO1)c1ccc(Oc2nccnc2N2CCSCC2)cc1. The molecule has 2 fully saturated rings. The number of nitrogens with one attached hydrogen (secondary N) is 1. The number of ether oxygens (including phenoxy) is 2. The average Bonchev–Trinajstić information content (AvgIpc) is 3.27. The number of thioether (sulfide) groups is 1. The highest BCUT2D eigenvalue weighted by molar-refractivity contribution is 7.99. The van der Waals surface area contributed by atoms with Crippen molar-refractivity contribution in [3.8, 4) is 11.6 Å². The number of aromatic nitrogens is 2. The topological polar surface area (TPSA) is 76.6 Å². The number of rotatable bonds is 6. The highest BCUT2D eigenvalue weighted by Gasteiger charge is 2.19. The molecular weight excluding hydrogens is 376 g/mol. The normalized spacial score (nSPS) is 19.4. The van der Waals surface area contributed by atoms with Crippen LogP contribution < -0.4 is 15.0 Å². The highest BCUT2D eigenvalue weighted by atomic mass is 32.2. The van der Waals surface area contributed by atoms with E-state index in [-0.39, 0.29) is 12.0 Å². The third kappa shape index (κ3) is 4.74. The molecular formula is C20H24N4O3S. The van der Waals surface area contributed by atoms with Crippen LogP contribution in [0.2, 0.25) is 0 Å². The molecule has 0 spiro atoms. The fraction of sp³-hybridized carbons (Fsp3) is 0.450. The van der Waals surface area contributed by atoms with Gasteiger partial charge in [0.05, 0.1) is 6.10 Å². The summed E-state index contributed by atoms with van der Waals surface area (Å²) in [5, 5.41) is 2.93. The van der Waals surface area contributed by atoms with E-state index in [0.717, 1.165) is 49.9 Å². The first-order valence-electron chi connectivity index (χ1n) is 9.61. The second-order valence-corrected chi connectivity index (χ2v) is 7.98. The van der Waals surface area contributed by atoms with Gasteiger partial charge in [-0.15, -0.1) is 0 Å². The number of anilines is 1. The third-order valence-electron chi connectivity index (χ3n) is 4.80. The van der Waals surface area contributed by atoms with Crippen molar-refractivity contribution in [3.63, 3.8) is 0 Å². The molecule has 4 rings (SSSR count). The van der Waals surface area contributed by atoms with E-state index in [2.05, 4.69) is 20.2 Å². The monoisotopic (exact) mass is 400 g/mol. The van der Waals surface area contributed by atoms with Crippen LogP contribution in [-0.4, -0.2) is 59.7 Å². The summed E-state index contributed by atoms with van der Waals surface area (Å²) in [6, 6.07) is 7.08. The zero-order chi connectivity index (χ0) is 19.2. The summed E-state index contributed by atoms with van der Waals surface area (Å²) in [5.74, 6) is 3.93. The molecule has 8 heteroatoms. The molecule has 7 nitrogen and oxygen atoms in total. The number of amides is 1. The van der Waals surface area contributed by atoms with Crippen molar-refractivity contribution in [1.29, 1.82) is 0 Å². The molecule has 1 atom stereocenters. The van der Waals surface area contributed by atoms with Gasteiger partial charge < -0.3 is 19.7 Å². The summed E-state index contributed by atoms with van der Waals surface area (Å²) in [6.07, 6.45) is 5.52. The van der Waals surface area contributed by atoms with Gasteiger partial charge in [0.2, 0.25) is 0 Å². The van der Waals surface area contributed by atoms with Gasteiger partial charge in [-0.3, -0.25) is 4.79 Å². The van der Waals surface area contributed by atoms with Crippen molar-refractivity contribution < 1.29 is 14.3 Å². The Morgan fingerprint density at radius 3 is 2.75 bits per heavy atom. The van der Waals surface area contributed by atoms with E-state index in [1.807, 2.05) is 11.8 Å². The molecule has 1 aromatic heterocycles. The van der Waals surface area contributed by atoms with Crippen molar-refractivity contribution >= 4 is 23.5 Å². The molecule has 2 saturated heterocycles. The van der Waals surface area contributed by atoms with Gasteiger partial charge in [-0.25, -0.2) is 9.97 Å². The summed E-state index contributed by atoms with van der Waals surface area (Å²) in [5.41, 5.74) is 0.595. The van der Waals surface area contributed by atoms with Gasteiger partial charge >= 0.3 is 0 Å². The maximum atomic E-state index is 12.3. The van der Waals surface area contributed by atoms with Crippen LogP contribution in [0.4, 0.5) is 5.82 Å². The van der Waals surface area contributed by atoms with E-state index in [0.29, 0.717) is 23.7 Å². The summed E-state index contributed by atoms with van der Waals surface area (Å²) >= 11 is 1.94. The number of hydrogen-bond acceptors (Lipinski definition) is 7. The molecule has 148 valence electrons. The maximum absolute atomic E-state index is 12.3. The average molecular weight is 401 g/mol. The summed E-state index contributed by atoms with van der Waals surface area (Å²) in [6.45, 7) is 3.20. The van der Waals surface area contributed by atoms with Gasteiger partial charge in [0, 0.05) is 55.7 Å². The van der Waals surface area contributed by atoms with E-state index in [9.17, 15) is 4.79 Å². The first-order valence-corrected chi connectivity index (χ1v) is 10.8. The zero-order valence-electron chi connectivity index (χ0n) is 15.7. The lowest BCUT2D eigenvalue weighted by molar-refractivity contribution is 0.0858. The molecule has 1 aromatic carbocycles. The third-order valence-corrected chi connectivity index (χ3v) is 5.74. The minimum atomic E-state index is -0.104. The molecule has 0 aliphatic carbocycles. The van der Waals surface area contributed by atoms with E-state index in [4.69, 9.17) is 9.47 Å². The van der Waals surface area contributed by atoms with E-state index >= 15 is 0 Å². The Morgan fingerprint density at radius 2 is 2.00 bits per heavy atom. The molecule has 0 radical (unpaired) electrons. The second kappa shape index (κ2) is 9.25. The summed E-state index contributed by atoms with van der Waals surface area (Å²) in [7, 11) is 0. The number of carbonyl (C=O) groups is 1. The molecule has 1 N–H and O–H groups in total. The molecule has 3 heterocycles. The molecule has 1 amide bonds. The summed E-state index contributed by atoms with van der Waals surface area (Å²) in [4.78, 5) is 23.3. The molecule has 0 unspecified atom stereocenters. The predicted octanol–water partition coefficient (Wildman–Crippen LogP) is 2.73. The first kappa shape index (κ1) is 19.0. The lowest BCUT2D eigenvalue weighted by Crippen LogP contribution is -2.33. The molecule has 0 bridgehead atoms. The molecule has 2 aliphatic rings. The number of nitrogens with zero attached hydrogens (tertiary/aromatic N) is 3. The van der Waals surface area contributed by atoms with Crippen LogP contribution in [0.15, 0.2) is 36.7 Å². The first-order chi connectivity index (χ1) is 13.8. The van der Waals surface area contributed by atoms with Crippen LogP contribution in [0.5, 0.6) is 11.6 Å². The van der Waals surface area contributed by atoms with Crippen LogP contribution in [0, 0.1) is 0 Å². The van der Waals surface area contributed by atoms with Crippen LogP contribution in [-0.2, 0) is 4.74 Å². The Labute approximate surface area is 168 Å². The van der Waals surface area contributed by atoms with Gasteiger partial charge in [0.15, 0.2) is 5.82 Å². The van der Waals surface area contributed by atoms with Crippen molar-refractivity contribution in [3.05, 3.63) is 42.2 Å². The molecule has 28 heavy (non-hydrogen) atoms. The van der Waals surface area contributed by atoms with Crippen LogP contribution >= 0.6 is 11.8 Å². The number of benzene rings is 1. The lowest BCUT2D eigenvalue weighted by Gasteiger charge is -2.28. The van der Waals surface area contributed by atoms with E-state index in [1.165, 1.54) is 0 Å². The van der Waals surface area contributed by atoms with Crippen molar-refractivity contribution in [1.82, 2.24) is 15.3 Å². The minimum absolute atomic E-state index is 0.104. The quantitative estimate of drug-likeness (QED) is 0.799. The fourth-order valence-electron chi connectivity index (χ4n) is 3.28. The van der Waals surface area contributed by atoms with Gasteiger partial charge in [-0.05, 0) is 37.1 Å².